The second-order valence-electron chi connectivity index (χ2n) is 4.27. The summed E-state index contributed by atoms with van der Waals surface area (Å²) in [4.78, 5) is 4.22. The van der Waals surface area contributed by atoms with Crippen molar-refractivity contribution in [2.24, 2.45) is 4.99 Å². The van der Waals surface area contributed by atoms with Crippen molar-refractivity contribution in [3.8, 4) is 0 Å². The van der Waals surface area contributed by atoms with E-state index in [1.54, 1.807) is 0 Å². The molecule has 5 heteroatoms. The summed E-state index contributed by atoms with van der Waals surface area (Å²) in [6, 6.07) is 4.12. The monoisotopic (exact) mass is 239 g/mol. The molecule has 0 radical (unpaired) electrons. The van der Waals surface area contributed by atoms with Crippen LogP contribution in [0.2, 0.25) is 0 Å². The van der Waals surface area contributed by atoms with Gasteiger partial charge in [-0.25, -0.2) is 13.8 Å². The van der Waals surface area contributed by atoms with Gasteiger partial charge in [0.1, 0.15) is 11.6 Å². The van der Waals surface area contributed by atoms with Gasteiger partial charge in [0.2, 0.25) is 0 Å². The SMILES string of the molecule is C[C@@H]1NC(=NCc2ccc(F)cc2F)N[C@@H]1C. The lowest BCUT2D eigenvalue weighted by molar-refractivity contribution is 0.572. The van der Waals surface area contributed by atoms with Gasteiger partial charge in [-0.1, -0.05) is 6.07 Å². The maximum absolute atomic E-state index is 13.3. The molecule has 1 heterocycles. The Hall–Kier alpha value is -1.65. The molecule has 1 saturated heterocycles. The maximum atomic E-state index is 13.3. The summed E-state index contributed by atoms with van der Waals surface area (Å²) in [7, 11) is 0. The van der Waals surface area contributed by atoms with Crippen LogP contribution in [0.4, 0.5) is 8.78 Å². The molecule has 2 rings (SSSR count). The highest BCUT2D eigenvalue weighted by atomic mass is 19.1. The Morgan fingerprint density at radius 2 is 1.82 bits per heavy atom. The molecule has 92 valence electrons. The molecule has 0 bridgehead atoms. The molecule has 3 nitrogen and oxygen atoms in total. The highest BCUT2D eigenvalue weighted by Crippen LogP contribution is 2.11. The fraction of sp³-hybridized carbons (Fsp3) is 0.417. The third-order valence-electron chi connectivity index (χ3n) is 2.90. The molecule has 0 amide bonds. The van der Waals surface area contributed by atoms with Gasteiger partial charge in [0, 0.05) is 23.7 Å². The van der Waals surface area contributed by atoms with E-state index in [9.17, 15) is 8.78 Å². The zero-order chi connectivity index (χ0) is 12.4. The topological polar surface area (TPSA) is 36.4 Å². The lowest BCUT2D eigenvalue weighted by Gasteiger charge is -2.04. The van der Waals surface area contributed by atoms with Crippen LogP contribution in [-0.2, 0) is 6.54 Å². The van der Waals surface area contributed by atoms with Crippen LogP contribution in [0.1, 0.15) is 19.4 Å². The first-order chi connectivity index (χ1) is 8.06. The summed E-state index contributed by atoms with van der Waals surface area (Å²) < 4.78 is 26.0. The van der Waals surface area contributed by atoms with E-state index in [2.05, 4.69) is 15.6 Å². The van der Waals surface area contributed by atoms with Crippen molar-refractivity contribution < 1.29 is 8.78 Å². The van der Waals surface area contributed by atoms with Crippen molar-refractivity contribution in [3.63, 3.8) is 0 Å². The van der Waals surface area contributed by atoms with Gasteiger partial charge in [-0.3, -0.25) is 0 Å². The molecule has 2 atom stereocenters. The first kappa shape index (κ1) is 11.8. The van der Waals surface area contributed by atoms with Crippen LogP contribution < -0.4 is 10.6 Å². The van der Waals surface area contributed by atoms with Gasteiger partial charge in [0.05, 0.1) is 6.54 Å². The summed E-state index contributed by atoms with van der Waals surface area (Å²) >= 11 is 0. The van der Waals surface area contributed by atoms with Crippen LogP contribution in [0, 0.1) is 11.6 Å². The number of hydrogen-bond donors (Lipinski definition) is 2. The van der Waals surface area contributed by atoms with E-state index in [1.165, 1.54) is 12.1 Å². The van der Waals surface area contributed by atoms with Crippen molar-refractivity contribution in [3.05, 3.63) is 35.4 Å². The fourth-order valence-corrected chi connectivity index (χ4v) is 1.63. The molecular weight excluding hydrogens is 224 g/mol. The number of nitrogens with one attached hydrogen (secondary N) is 2. The summed E-state index contributed by atoms with van der Waals surface area (Å²) in [5.41, 5.74) is 0.384. The minimum Gasteiger partial charge on any atom is -0.352 e. The van der Waals surface area contributed by atoms with Gasteiger partial charge in [-0.05, 0) is 19.9 Å². The highest BCUT2D eigenvalue weighted by molar-refractivity contribution is 5.82. The second kappa shape index (κ2) is 4.69. The summed E-state index contributed by atoms with van der Waals surface area (Å²) in [5.74, 6) is -0.472. The lowest BCUT2D eigenvalue weighted by Crippen LogP contribution is -2.26. The number of benzene rings is 1. The first-order valence-corrected chi connectivity index (χ1v) is 5.57. The molecule has 1 aliphatic rings. The number of hydrogen-bond acceptors (Lipinski definition) is 1. The summed E-state index contributed by atoms with van der Waals surface area (Å²) in [6.07, 6.45) is 0. The highest BCUT2D eigenvalue weighted by Gasteiger charge is 2.21. The molecule has 0 aliphatic carbocycles. The standard InChI is InChI=1S/C12H15F2N3/c1-7-8(2)17-12(16-7)15-6-9-3-4-10(13)5-11(9)14/h3-5,7-8H,6H2,1-2H3,(H2,15,16,17)/t7-,8+. The fourth-order valence-electron chi connectivity index (χ4n) is 1.63. The number of nitrogens with zero attached hydrogens (tertiary/aromatic N) is 1. The van der Waals surface area contributed by atoms with E-state index in [0.29, 0.717) is 23.6 Å². The van der Waals surface area contributed by atoms with Crippen molar-refractivity contribution in [2.45, 2.75) is 32.5 Å². The van der Waals surface area contributed by atoms with Crippen molar-refractivity contribution in [1.82, 2.24) is 10.6 Å². The van der Waals surface area contributed by atoms with Crippen molar-refractivity contribution in [1.29, 1.82) is 0 Å². The van der Waals surface area contributed by atoms with Crippen LogP contribution in [-0.4, -0.2) is 18.0 Å². The van der Waals surface area contributed by atoms with E-state index in [-0.39, 0.29) is 6.54 Å². The number of rotatable bonds is 2. The molecule has 1 aliphatic heterocycles. The van der Waals surface area contributed by atoms with Crippen LogP contribution in [0.5, 0.6) is 0 Å². The third-order valence-corrected chi connectivity index (χ3v) is 2.90. The van der Waals surface area contributed by atoms with Gasteiger partial charge in [0.15, 0.2) is 5.96 Å². The lowest BCUT2D eigenvalue weighted by atomic mass is 10.2. The van der Waals surface area contributed by atoms with Crippen LogP contribution in [0.15, 0.2) is 23.2 Å². The zero-order valence-corrected chi connectivity index (χ0v) is 9.80. The third kappa shape index (κ3) is 2.72. The van der Waals surface area contributed by atoms with Crippen LogP contribution in [0.3, 0.4) is 0 Å². The Bertz CT molecular complexity index is 433. The van der Waals surface area contributed by atoms with Crippen molar-refractivity contribution >= 4 is 5.96 Å². The molecule has 0 unspecified atom stereocenters. The normalized spacial score (nSPS) is 25.8. The second-order valence-corrected chi connectivity index (χ2v) is 4.27. The van der Waals surface area contributed by atoms with Crippen LogP contribution >= 0.6 is 0 Å². The molecule has 17 heavy (non-hydrogen) atoms. The molecule has 1 aromatic carbocycles. The van der Waals surface area contributed by atoms with E-state index in [1.807, 2.05) is 13.8 Å². The minimum absolute atomic E-state index is 0.195. The summed E-state index contributed by atoms with van der Waals surface area (Å²) in [5, 5.41) is 6.29. The van der Waals surface area contributed by atoms with Gasteiger partial charge in [0.25, 0.3) is 0 Å². The zero-order valence-electron chi connectivity index (χ0n) is 9.80. The Balaban J connectivity index is 2.05. The van der Waals surface area contributed by atoms with E-state index >= 15 is 0 Å². The summed E-state index contributed by atoms with van der Waals surface area (Å²) in [6.45, 7) is 4.28. The predicted molar refractivity (Wildman–Crippen MR) is 62.7 cm³/mol. The van der Waals surface area contributed by atoms with Gasteiger partial charge in [-0.15, -0.1) is 0 Å². The Morgan fingerprint density at radius 1 is 1.18 bits per heavy atom. The van der Waals surface area contributed by atoms with Gasteiger partial charge >= 0.3 is 0 Å². The van der Waals surface area contributed by atoms with Crippen LogP contribution in [0.25, 0.3) is 0 Å². The molecule has 0 aromatic heterocycles. The van der Waals surface area contributed by atoms with Gasteiger partial charge in [-0.2, -0.15) is 0 Å². The first-order valence-electron chi connectivity index (χ1n) is 5.57. The quantitative estimate of drug-likeness (QED) is 0.825. The number of guanidine groups is 1. The van der Waals surface area contributed by atoms with Crippen molar-refractivity contribution in [2.75, 3.05) is 0 Å². The molecule has 0 spiro atoms. The van der Waals surface area contributed by atoms with E-state index in [0.717, 1.165) is 6.07 Å². The number of halogens is 2. The molecule has 1 aromatic rings. The smallest absolute Gasteiger partial charge is 0.192 e. The van der Waals surface area contributed by atoms with Gasteiger partial charge < -0.3 is 10.6 Å². The Morgan fingerprint density at radius 3 is 2.41 bits per heavy atom. The average molecular weight is 239 g/mol. The minimum atomic E-state index is -0.571. The average Bonchev–Trinajstić information content (AvgIpc) is 2.57. The predicted octanol–water partition coefficient (Wildman–Crippen LogP) is 1.79. The Kier molecular flexibility index (Phi) is 3.26. The molecular formula is C12H15F2N3. The number of aliphatic imine (C=N–C) groups is 1. The molecule has 1 fully saturated rings. The largest absolute Gasteiger partial charge is 0.352 e. The Labute approximate surface area is 98.9 Å². The molecule has 2 N–H and O–H groups in total. The maximum Gasteiger partial charge on any atom is 0.192 e. The van der Waals surface area contributed by atoms with E-state index < -0.39 is 11.6 Å². The van der Waals surface area contributed by atoms with E-state index in [4.69, 9.17) is 0 Å². The molecule has 0 saturated carbocycles.